The van der Waals surface area contributed by atoms with E-state index < -0.39 is 0 Å². The Labute approximate surface area is 217 Å². The molecule has 1 aliphatic heterocycles. The molecule has 0 spiro atoms. The predicted octanol–water partition coefficient (Wildman–Crippen LogP) is 9.77. The number of anilines is 3. The Balaban J connectivity index is 1.46. The van der Waals surface area contributed by atoms with Crippen LogP contribution in [0.2, 0.25) is 0 Å². The summed E-state index contributed by atoms with van der Waals surface area (Å²) in [6.07, 6.45) is 1.97. The smallest absolute Gasteiger partial charge is 0.152 e. The van der Waals surface area contributed by atoms with Gasteiger partial charge in [0.05, 0.1) is 11.4 Å². The first kappa shape index (κ1) is 22.5. The number of ether oxygens (including phenoxy) is 1. The molecular weight excluding hydrogens is 462 g/mol. The Morgan fingerprint density at radius 2 is 1.08 bits per heavy atom. The first-order valence-electron chi connectivity index (χ1n) is 12.3. The lowest BCUT2D eigenvalue weighted by molar-refractivity contribution is 0.477. The van der Waals surface area contributed by atoms with Gasteiger partial charge in [0.25, 0.3) is 0 Å². The van der Waals surface area contributed by atoms with Crippen molar-refractivity contribution < 1.29 is 4.74 Å². The average Bonchev–Trinajstić information content (AvgIpc) is 2.95. The molecule has 0 unspecified atom stereocenters. The molecule has 2 nitrogen and oxygen atoms in total. The van der Waals surface area contributed by atoms with Crippen LogP contribution in [0.15, 0.2) is 121 Å². The fourth-order valence-electron chi connectivity index (χ4n) is 4.79. The zero-order valence-corrected chi connectivity index (χ0v) is 20.7. The van der Waals surface area contributed by atoms with Gasteiger partial charge in [0.1, 0.15) is 0 Å². The molecule has 5 aromatic rings. The van der Waals surface area contributed by atoms with E-state index in [-0.39, 0.29) is 0 Å². The highest BCUT2D eigenvalue weighted by molar-refractivity contribution is 6.17. The van der Waals surface area contributed by atoms with Crippen LogP contribution in [0.4, 0.5) is 17.1 Å². The largest absolute Gasteiger partial charge is 0.453 e. The number of rotatable bonds is 6. The van der Waals surface area contributed by atoms with E-state index in [1.165, 1.54) is 16.7 Å². The lowest BCUT2D eigenvalue weighted by Gasteiger charge is -2.33. The van der Waals surface area contributed by atoms with Crippen LogP contribution >= 0.6 is 11.6 Å². The van der Waals surface area contributed by atoms with Gasteiger partial charge in [0.2, 0.25) is 0 Å². The molecule has 0 bridgehead atoms. The van der Waals surface area contributed by atoms with Crippen molar-refractivity contribution in [1.29, 1.82) is 0 Å². The Morgan fingerprint density at radius 3 is 1.58 bits per heavy atom. The normalized spacial score (nSPS) is 12.0. The van der Waals surface area contributed by atoms with Crippen LogP contribution < -0.4 is 9.64 Å². The highest BCUT2D eigenvalue weighted by Gasteiger charge is 2.26. The van der Waals surface area contributed by atoms with Crippen molar-refractivity contribution in [1.82, 2.24) is 0 Å². The van der Waals surface area contributed by atoms with E-state index in [1.807, 2.05) is 12.1 Å². The summed E-state index contributed by atoms with van der Waals surface area (Å²) in [4.78, 5) is 2.29. The van der Waals surface area contributed by atoms with Gasteiger partial charge in [-0.05, 0) is 77.1 Å². The van der Waals surface area contributed by atoms with Crippen LogP contribution in [-0.4, -0.2) is 5.88 Å². The number of nitrogens with zero attached hydrogens (tertiary/aromatic N) is 1. The fourth-order valence-corrected chi connectivity index (χ4v) is 4.92. The molecule has 0 saturated carbocycles. The molecule has 0 aliphatic carbocycles. The van der Waals surface area contributed by atoms with Gasteiger partial charge in [-0.15, -0.1) is 11.6 Å². The van der Waals surface area contributed by atoms with E-state index in [0.29, 0.717) is 5.88 Å². The van der Waals surface area contributed by atoms with Crippen LogP contribution in [0.3, 0.4) is 0 Å². The van der Waals surface area contributed by atoms with Gasteiger partial charge in [0, 0.05) is 11.6 Å². The Bertz CT molecular complexity index is 1390. The molecular formula is C33H26ClNO. The second-order valence-electron chi connectivity index (χ2n) is 8.99. The third kappa shape index (κ3) is 4.36. The summed E-state index contributed by atoms with van der Waals surface area (Å²) in [5.74, 6) is 2.37. The SMILES string of the molecule is ClCCCc1ccc(N2c3ccc(-c4ccccc4)cc3Oc3cc(-c4ccccc4)ccc32)cc1. The van der Waals surface area contributed by atoms with Gasteiger partial charge in [-0.2, -0.15) is 0 Å². The second kappa shape index (κ2) is 9.93. The number of hydrogen-bond donors (Lipinski definition) is 0. The van der Waals surface area contributed by atoms with E-state index in [0.717, 1.165) is 52.5 Å². The Hall–Kier alpha value is -4.01. The number of aryl methyl sites for hydroxylation is 1. The summed E-state index contributed by atoms with van der Waals surface area (Å²) in [6.45, 7) is 0. The van der Waals surface area contributed by atoms with Crippen LogP contribution in [-0.2, 0) is 6.42 Å². The number of fused-ring (bicyclic) bond motifs is 2. The molecule has 0 N–H and O–H groups in total. The molecule has 0 saturated heterocycles. The third-order valence-corrected chi connectivity index (χ3v) is 6.90. The maximum absolute atomic E-state index is 6.57. The van der Waals surface area contributed by atoms with Gasteiger partial charge in [-0.3, -0.25) is 0 Å². The third-order valence-electron chi connectivity index (χ3n) is 6.63. The maximum Gasteiger partial charge on any atom is 0.152 e. The summed E-state index contributed by atoms with van der Waals surface area (Å²) in [5.41, 5.74) is 9.07. The number of hydrogen-bond acceptors (Lipinski definition) is 2. The van der Waals surface area contributed by atoms with Crippen molar-refractivity contribution in [2.24, 2.45) is 0 Å². The summed E-state index contributed by atoms with van der Waals surface area (Å²) >= 11 is 5.91. The standard InChI is InChI=1S/C33H26ClNO/c34-21-7-8-24-13-17-29(18-14-24)35-30-19-15-27(25-9-3-1-4-10-25)22-32(30)36-33-23-28(16-20-31(33)35)26-11-5-2-6-12-26/h1-6,9-20,22-23H,7-8,21H2. The molecule has 1 aliphatic rings. The molecule has 0 fully saturated rings. The number of alkyl halides is 1. The van der Waals surface area contributed by atoms with Gasteiger partial charge in [-0.25, -0.2) is 0 Å². The van der Waals surface area contributed by atoms with E-state index in [2.05, 4.69) is 114 Å². The summed E-state index contributed by atoms with van der Waals surface area (Å²) in [5, 5.41) is 0. The maximum atomic E-state index is 6.57. The zero-order valence-electron chi connectivity index (χ0n) is 19.9. The van der Waals surface area contributed by atoms with E-state index in [9.17, 15) is 0 Å². The minimum absolute atomic E-state index is 0.680. The molecule has 0 atom stereocenters. The molecule has 176 valence electrons. The van der Waals surface area contributed by atoms with Crippen molar-refractivity contribution in [2.75, 3.05) is 10.8 Å². The zero-order chi connectivity index (χ0) is 24.3. The van der Waals surface area contributed by atoms with Gasteiger partial charge in [0.15, 0.2) is 11.5 Å². The topological polar surface area (TPSA) is 12.5 Å². The number of halogens is 1. The van der Waals surface area contributed by atoms with Crippen molar-refractivity contribution in [3.63, 3.8) is 0 Å². The molecule has 1 heterocycles. The highest BCUT2D eigenvalue weighted by Crippen LogP contribution is 2.52. The minimum atomic E-state index is 0.680. The molecule has 0 radical (unpaired) electrons. The Morgan fingerprint density at radius 1 is 0.556 bits per heavy atom. The number of benzene rings is 5. The first-order valence-corrected chi connectivity index (χ1v) is 12.9. The summed E-state index contributed by atoms with van der Waals surface area (Å²) in [7, 11) is 0. The molecule has 5 aromatic carbocycles. The molecule has 0 aromatic heterocycles. The average molecular weight is 488 g/mol. The lowest BCUT2D eigenvalue weighted by atomic mass is 10.0. The van der Waals surface area contributed by atoms with Gasteiger partial charge < -0.3 is 9.64 Å². The summed E-state index contributed by atoms with van der Waals surface area (Å²) in [6, 6.07) is 42.6. The molecule has 3 heteroatoms. The van der Waals surface area contributed by atoms with E-state index in [1.54, 1.807) is 0 Å². The van der Waals surface area contributed by atoms with Crippen molar-refractivity contribution in [3.05, 3.63) is 127 Å². The van der Waals surface area contributed by atoms with Crippen molar-refractivity contribution in [3.8, 4) is 33.8 Å². The van der Waals surface area contributed by atoms with E-state index in [4.69, 9.17) is 16.3 Å². The molecule has 6 rings (SSSR count). The van der Waals surface area contributed by atoms with Crippen LogP contribution in [0.5, 0.6) is 11.5 Å². The first-order chi connectivity index (χ1) is 17.8. The van der Waals surface area contributed by atoms with Gasteiger partial charge in [-0.1, -0.05) is 84.9 Å². The minimum Gasteiger partial charge on any atom is -0.453 e. The molecule has 0 amide bonds. The quantitative estimate of drug-likeness (QED) is 0.217. The summed E-state index contributed by atoms with van der Waals surface area (Å²) < 4.78 is 6.57. The van der Waals surface area contributed by atoms with Crippen LogP contribution in [0.1, 0.15) is 12.0 Å². The van der Waals surface area contributed by atoms with Crippen molar-refractivity contribution in [2.45, 2.75) is 12.8 Å². The fraction of sp³-hybridized carbons (Fsp3) is 0.0909. The lowest BCUT2D eigenvalue weighted by Crippen LogP contribution is -2.16. The predicted molar refractivity (Wildman–Crippen MR) is 151 cm³/mol. The van der Waals surface area contributed by atoms with E-state index >= 15 is 0 Å². The van der Waals surface area contributed by atoms with Crippen LogP contribution in [0, 0.1) is 0 Å². The highest BCUT2D eigenvalue weighted by atomic mass is 35.5. The van der Waals surface area contributed by atoms with Gasteiger partial charge >= 0.3 is 0 Å². The van der Waals surface area contributed by atoms with Crippen LogP contribution in [0.25, 0.3) is 22.3 Å². The molecule has 36 heavy (non-hydrogen) atoms. The van der Waals surface area contributed by atoms with Crippen molar-refractivity contribution >= 4 is 28.7 Å². The monoisotopic (exact) mass is 487 g/mol. The second-order valence-corrected chi connectivity index (χ2v) is 9.37. The Kier molecular flexibility index (Phi) is 6.19.